The molecule has 0 bridgehead atoms. The lowest BCUT2D eigenvalue weighted by atomic mass is 9.85. The zero-order valence-electron chi connectivity index (χ0n) is 11.8. The van der Waals surface area contributed by atoms with Crippen LogP contribution in [0.2, 0.25) is 0 Å². The van der Waals surface area contributed by atoms with Crippen LogP contribution < -0.4 is 4.72 Å². The van der Waals surface area contributed by atoms with Crippen LogP contribution in [0.3, 0.4) is 0 Å². The fraction of sp³-hybridized carbons (Fsp3) is 0.357. The number of sulfonamides is 1. The van der Waals surface area contributed by atoms with Gasteiger partial charge in [0.05, 0.1) is 16.0 Å². The average Bonchev–Trinajstić information content (AvgIpc) is 2.61. The van der Waals surface area contributed by atoms with Gasteiger partial charge >= 0.3 is 0 Å². The third-order valence-corrected chi connectivity index (χ3v) is 5.43. The maximum absolute atomic E-state index is 12.2. The molecule has 22 heavy (non-hydrogen) atoms. The summed E-state index contributed by atoms with van der Waals surface area (Å²) in [5, 5.41) is 0. The predicted molar refractivity (Wildman–Crippen MR) is 75.5 cm³/mol. The summed E-state index contributed by atoms with van der Waals surface area (Å²) in [5.41, 5.74) is 0.197. The zero-order chi connectivity index (χ0) is 16.1. The number of carbonyl (C=O) groups excluding carboxylic acids is 3. The van der Waals surface area contributed by atoms with Gasteiger partial charge in [-0.2, -0.15) is 0 Å². The highest BCUT2D eigenvalue weighted by Crippen LogP contribution is 2.28. The van der Waals surface area contributed by atoms with Crippen LogP contribution in [-0.4, -0.2) is 38.1 Å². The van der Waals surface area contributed by atoms with Gasteiger partial charge in [-0.05, 0) is 31.0 Å². The Morgan fingerprint density at radius 3 is 2.41 bits per heavy atom. The maximum Gasteiger partial charge on any atom is 0.264 e. The molecule has 0 atom stereocenters. The Hall–Kier alpha value is -2.22. The number of rotatable bonds is 3. The van der Waals surface area contributed by atoms with E-state index in [1.165, 1.54) is 19.2 Å². The predicted octanol–water partition coefficient (Wildman–Crippen LogP) is 0.517. The minimum atomic E-state index is -4.04. The SMILES string of the molecule is CN1C(=O)c2ccc(S(=O)(=O)NC(=O)C3CCC3)cc2C1=O. The summed E-state index contributed by atoms with van der Waals surface area (Å²) in [6.07, 6.45) is 2.28. The lowest BCUT2D eigenvalue weighted by Gasteiger charge is -2.23. The second-order valence-electron chi connectivity index (χ2n) is 5.47. The summed E-state index contributed by atoms with van der Waals surface area (Å²) in [6.45, 7) is 0. The molecule has 0 unspecified atom stereocenters. The van der Waals surface area contributed by atoms with Crippen molar-refractivity contribution in [1.82, 2.24) is 9.62 Å². The molecule has 0 radical (unpaired) electrons. The number of hydrogen-bond donors (Lipinski definition) is 1. The van der Waals surface area contributed by atoms with E-state index in [-0.39, 0.29) is 21.9 Å². The normalized spacial score (nSPS) is 18.1. The smallest absolute Gasteiger partial charge is 0.264 e. The molecule has 1 saturated carbocycles. The highest BCUT2D eigenvalue weighted by Gasteiger charge is 2.35. The Morgan fingerprint density at radius 2 is 1.82 bits per heavy atom. The highest BCUT2D eigenvalue weighted by atomic mass is 32.2. The number of fused-ring (bicyclic) bond motifs is 1. The Morgan fingerprint density at radius 1 is 1.18 bits per heavy atom. The summed E-state index contributed by atoms with van der Waals surface area (Å²) in [7, 11) is -2.71. The fourth-order valence-electron chi connectivity index (χ4n) is 2.45. The van der Waals surface area contributed by atoms with Crippen LogP contribution in [0.1, 0.15) is 40.0 Å². The van der Waals surface area contributed by atoms with Crippen molar-refractivity contribution in [2.75, 3.05) is 7.05 Å². The van der Waals surface area contributed by atoms with E-state index in [4.69, 9.17) is 0 Å². The van der Waals surface area contributed by atoms with Gasteiger partial charge in [0.2, 0.25) is 5.91 Å². The molecular formula is C14H14N2O5S. The van der Waals surface area contributed by atoms with Crippen LogP contribution in [0.25, 0.3) is 0 Å². The van der Waals surface area contributed by atoms with E-state index in [0.29, 0.717) is 12.8 Å². The van der Waals surface area contributed by atoms with E-state index >= 15 is 0 Å². The minimum absolute atomic E-state index is 0.0338. The van der Waals surface area contributed by atoms with Gasteiger partial charge in [-0.15, -0.1) is 0 Å². The van der Waals surface area contributed by atoms with Crippen LogP contribution in [0.5, 0.6) is 0 Å². The zero-order valence-corrected chi connectivity index (χ0v) is 12.6. The van der Waals surface area contributed by atoms with Gasteiger partial charge in [-0.3, -0.25) is 19.3 Å². The largest absolute Gasteiger partial charge is 0.277 e. The van der Waals surface area contributed by atoms with Crippen molar-refractivity contribution in [2.45, 2.75) is 24.2 Å². The van der Waals surface area contributed by atoms with E-state index < -0.39 is 27.7 Å². The summed E-state index contributed by atoms with van der Waals surface area (Å²) in [5.74, 6) is -1.81. The van der Waals surface area contributed by atoms with Gasteiger partial charge < -0.3 is 0 Å². The molecule has 1 fully saturated rings. The number of carbonyl (C=O) groups is 3. The number of benzene rings is 1. The third-order valence-electron chi connectivity index (χ3n) is 4.08. The molecule has 1 heterocycles. The molecule has 1 N–H and O–H groups in total. The number of imide groups is 1. The molecule has 1 aromatic carbocycles. The van der Waals surface area contributed by atoms with E-state index in [1.54, 1.807) is 0 Å². The Kier molecular flexibility index (Phi) is 3.28. The second-order valence-corrected chi connectivity index (χ2v) is 7.16. The first-order chi connectivity index (χ1) is 10.3. The lowest BCUT2D eigenvalue weighted by molar-refractivity contribution is -0.125. The maximum atomic E-state index is 12.2. The van der Waals surface area contributed by atoms with Gasteiger partial charge in [0.1, 0.15) is 0 Å². The van der Waals surface area contributed by atoms with Crippen LogP contribution in [0.15, 0.2) is 23.1 Å². The standard InChI is InChI=1S/C14H14N2O5S/c1-16-13(18)10-6-5-9(7-11(10)14(16)19)22(20,21)15-12(17)8-3-2-4-8/h5-8H,2-4H2,1H3,(H,15,17). The average molecular weight is 322 g/mol. The van der Waals surface area contributed by atoms with Gasteiger partial charge in [0, 0.05) is 13.0 Å². The summed E-state index contributed by atoms with van der Waals surface area (Å²) >= 11 is 0. The third kappa shape index (κ3) is 2.19. The van der Waals surface area contributed by atoms with E-state index in [0.717, 1.165) is 17.4 Å². The summed E-state index contributed by atoms with van der Waals surface area (Å²) in [4.78, 5) is 36.2. The van der Waals surface area contributed by atoms with E-state index in [9.17, 15) is 22.8 Å². The van der Waals surface area contributed by atoms with Crippen molar-refractivity contribution < 1.29 is 22.8 Å². The summed E-state index contributed by atoms with van der Waals surface area (Å²) < 4.78 is 26.5. The molecule has 1 aliphatic carbocycles. The topological polar surface area (TPSA) is 101 Å². The fourth-order valence-corrected chi connectivity index (χ4v) is 3.52. The molecule has 0 saturated heterocycles. The molecule has 1 aliphatic heterocycles. The lowest BCUT2D eigenvalue weighted by Crippen LogP contribution is -2.38. The van der Waals surface area contributed by atoms with Crippen LogP contribution in [-0.2, 0) is 14.8 Å². The second kappa shape index (κ2) is 4.91. The number of nitrogens with one attached hydrogen (secondary N) is 1. The van der Waals surface area contributed by atoms with Gasteiger partial charge in [0.25, 0.3) is 21.8 Å². The molecule has 3 rings (SSSR count). The highest BCUT2D eigenvalue weighted by molar-refractivity contribution is 7.90. The number of nitrogens with zero attached hydrogens (tertiary/aromatic N) is 1. The monoisotopic (exact) mass is 322 g/mol. The van der Waals surface area contributed by atoms with Gasteiger partial charge in [-0.1, -0.05) is 6.42 Å². The van der Waals surface area contributed by atoms with Crippen molar-refractivity contribution in [2.24, 2.45) is 5.92 Å². The number of amides is 3. The first-order valence-corrected chi connectivity index (χ1v) is 8.32. The number of hydrogen-bond acceptors (Lipinski definition) is 5. The first kappa shape index (κ1) is 14.7. The molecular weight excluding hydrogens is 308 g/mol. The van der Waals surface area contributed by atoms with E-state index in [1.807, 2.05) is 4.72 Å². The van der Waals surface area contributed by atoms with Crippen LogP contribution >= 0.6 is 0 Å². The Labute approximate surface area is 127 Å². The molecule has 2 aliphatic rings. The van der Waals surface area contributed by atoms with Crippen molar-refractivity contribution in [3.63, 3.8) is 0 Å². The molecule has 0 aromatic heterocycles. The summed E-state index contributed by atoms with van der Waals surface area (Å²) in [6, 6.07) is 3.65. The molecule has 1 aromatic rings. The quantitative estimate of drug-likeness (QED) is 0.818. The molecule has 116 valence electrons. The van der Waals surface area contributed by atoms with Crippen LogP contribution in [0.4, 0.5) is 0 Å². The molecule has 7 nitrogen and oxygen atoms in total. The Balaban J connectivity index is 1.91. The van der Waals surface area contributed by atoms with Gasteiger partial charge in [0.15, 0.2) is 0 Å². The molecule has 0 spiro atoms. The van der Waals surface area contributed by atoms with Gasteiger partial charge in [-0.25, -0.2) is 13.1 Å². The first-order valence-electron chi connectivity index (χ1n) is 6.84. The Bertz CT molecular complexity index is 795. The minimum Gasteiger partial charge on any atom is -0.277 e. The van der Waals surface area contributed by atoms with Crippen LogP contribution in [0, 0.1) is 5.92 Å². The van der Waals surface area contributed by atoms with Crippen molar-refractivity contribution in [3.8, 4) is 0 Å². The molecule has 8 heteroatoms. The van der Waals surface area contributed by atoms with Crippen molar-refractivity contribution in [3.05, 3.63) is 29.3 Å². The van der Waals surface area contributed by atoms with Crippen molar-refractivity contribution >= 4 is 27.7 Å². The molecule has 3 amide bonds. The van der Waals surface area contributed by atoms with E-state index in [2.05, 4.69) is 0 Å². The van der Waals surface area contributed by atoms with Crippen molar-refractivity contribution in [1.29, 1.82) is 0 Å².